The molecule has 0 aliphatic carbocycles. The molecule has 1 heterocycles. The molecule has 1 amide bonds. The molecule has 1 aliphatic heterocycles. The Hall–Kier alpha value is -1.44. The number of hydrogen-bond donors (Lipinski definition) is 1. The summed E-state index contributed by atoms with van der Waals surface area (Å²) < 4.78 is 35.3. The van der Waals surface area contributed by atoms with E-state index in [-0.39, 0.29) is 0 Å². The predicted octanol–water partition coefficient (Wildman–Crippen LogP) is 2.47. The van der Waals surface area contributed by atoms with Gasteiger partial charge in [0.1, 0.15) is 5.60 Å². The molecule has 1 N–H and O–H groups in total. The second-order valence-corrected chi connectivity index (χ2v) is 5.96. The van der Waals surface area contributed by atoms with Gasteiger partial charge in [0.2, 0.25) is 0 Å². The number of likely N-dealkylation sites (tertiary alicyclic amines) is 1. The highest BCUT2D eigenvalue weighted by atomic mass is 19.3. The number of carboxylic acid groups (broad SMARTS) is 1. The summed E-state index contributed by atoms with van der Waals surface area (Å²) in [5.41, 5.74) is -0.690. The maximum absolute atomic E-state index is 12.9. The highest BCUT2D eigenvalue weighted by Crippen LogP contribution is 2.23. The van der Waals surface area contributed by atoms with Gasteiger partial charge in [-0.15, -0.1) is 0 Å². The average Bonchev–Trinajstić information content (AvgIpc) is 2.34. The number of ether oxygens (including phenoxy) is 2. The minimum absolute atomic E-state index is 0.377. The monoisotopic (exact) mass is 309 g/mol. The van der Waals surface area contributed by atoms with Gasteiger partial charge in [0.05, 0.1) is 12.6 Å². The van der Waals surface area contributed by atoms with Crippen LogP contribution in [-0.2, 0) is 14.3 Å². The number of alkyl halides is 2. The summed E-state index contributed by atoms with van der Waals surface area (Å²) in [6.45, 7) is 4.96. The molecular weight excluding hydrogens is 288 g/mol. The first-order valence-electron chi connectivity index (χ1n) is 6.78. The number of amides is 1. The van der Waals surface area contributed by atoms with Gasteiger partial charge in [0, 0.05) is 6.54 Å². The third kappa shape index (κ3) is 5.45. The van der Waals surface area contributed by atoms with E-state index in [2.05, 4.69) is 4.74 Å². The molecule has 0 aromatic carbocycles. The van der Waals surface area contributed by atoms with Crippen LogP contribution < -0.4 is 0 Å². The molecule has 0 aromatic heterocycles. The van der Waals surface area contributed by atoms with E-state index >= 15 is 0 Å². The molecule has 0 aromatic rings. The minimum Gasteiger partial charge on any atom is -0.475 e. The number of nitrogens with zero attached hydrogens (tertiary/aromatic N) is 1. The van der Waals surface area contributed by atoms with E-state index in [0.717, 1.165) is 12.8 Å². The van der Waals surface area contributed by atoms with E-state index in [9.17, 15) is 18.4 Å². The lowest BCUT2D eigenvalue weighted by Gasteiger charge is -2.36. The number of carbonyl (C=O) groups excluding carboxylic acids is 1. The van der Waals surface area contributed by atoms with Gasteiger partial charge in [0.25, 0.3) is 0 Å². The summed E-state index contributed by atoms with van der Waals surface area (Å²) in [7, 11) is 0. The Balaban J connectivity index is 2.65. The SMILES string of the molecule is CC(C)(C)OC(=O)N1CCCCC1COC(F)(F)C(=O)O. The predicted molar refractivity (Wildman–Crippen MR) is 69.1 cm³/mol. The molecule has 8 heteroatoms. The molecule has 21 heavy (non-hydrogen) atoms. The number of rotatable bonds is 4. The van der Waals surface area contributed by atoms with Crippen molar-refractivity contribution >= 4 is 12.1 Å². The number of hydrogen-bond acceptors (Lipinski definition) is 4. The molecular formula is C13H21F2NO5. The largest absolute Gasteiger partial charge is 0.475 e. The van der Waals surface area contributed by atoms with Crippen LogP contribution >= 0.6 is 0 Å². The van der Waals surface area contributed by atoms with Crippen molar-refractivity contribution in [2.75, 3.05) is 13.2 Å². The first-order chi connectivity index (χ1) is 9.53. The molecule has 0 radical (unpaired) electrons. The maximum Gasteiger partial charge on any atom is 0.455 e. The van der Waals surface area contributed by atoms with Crippen molar-refractivity contribution in [2.24, 2.45) is 0 Å². The fraction of sp³-hybridized carbons (Fsp3) is 0.846. The van der Waals surface area contributed by atoms with Crippen LogP contribution in [0.25, 0.3) is 0 Å². The van der Waals surface area contributed by atoms with Crippen molar-refractivity contribution in [1.29, 1.82) is 0 Å². The van der Waals surface area contributed by atoms with Crippen LogP contribution in [0.3, 0.4) is 0 Å². The summed E-state index contributed by atoms with van der Waals surface area (Å²) in [4.78, 5) is 23.7. The zero-order valence-corrected chi connectivity index (χ0v) is 12.4. The second kappa shape index (κ2) is 6.55. The third-order valence-corrected chi connectivity index (χ3v) is 2.96. The van der Waals surface area contributed by atoms with E-state index in [1.165, 1.54) is 4.90 Å². The van der Waals surface area contributed by atoms with Gasteiger partial charge in [-0.25, -0.2) is 9.59 Å². The standard InChI is InChI=1S/C13H21F2NO5/c1-12(2,3)21-11(19)16-7-5-4-6-9(16)8-20-13(14,15)10(17)18/h9H,4-8H2,1-3H3,(H,17,18). The molecule has 1 unspecified atom stereocenters. The lowest BCUT2D eigenvalue weighted by molar-refractivity contribution is -0.250. The molecule has 1 saturated heterocycles. The van der Waals surface area contributed by atoms with Gasteiger partial charge >= 0.3 is 18.2 Å². The number of piperidine rings is 1. The first-order valence-corrected chi connectivity index (χ1v) is 6.78. The fourth-order valence-corrected chi connectivity index (χ4v) is 2.00. The van der Waals surface area contributed by atoms with Crippen molar-refractivity contribution in [3.63, 3.8) is 0 Å². The highest BCUT2D eigenvalue weighted by molar-refractivity contribution is 5.73. The molecule has 0 bridgehead atoms. The molecule has 0 spiro atoms. The lowest BCUT2D eigenvalue weighted by Crippen LogP contribution is -2.49. The van der Waals surface area contributed by atoms with Crippen LogP contribution in [0.1, 0.15) is 40.0 Å². The van der Waals surface area contributed by atoms with Gasteiger partial charge in [-0.05, 0) is 40.0 Å². The number of carboxylic acids is 1. The summed E-state index contributed by atoms with van der Waals surface area (Å²) in [5, 5.41) is 8.32. The zero-order chi connectivity index (χ0) is 16.3. The summed E-state index contributed by atoms with van der Waals surface area (Å²) in [6.07, 6.45) is -2.89. The fourth-order valence-electron chi connectivity index (χ4n) is 2.00. The van der Waals surface area contributed by atoms with Crippen LogP contribution in [0, 0.1) is 0 Å². The first kappa shape index (κ1) is 17.6. The van der Waals surface area contributed by atoms with E-state index < -0.39 is 36.4 Å². The van der Waals surface area contributed by atoms with Crippen LogP contribution in [0.4, 0.5) is 13.6 Å². The van der Waals surface area contributed by atoms with Gasteiger partial charge in [-0.1, -0.05) is 0 Å². The van der Waals surface area contributed by atoms with Crippen molar-refractivity contribution in [1.82, 2.24) is 4.90 Å². The number of carbonyl (C=O) groups is 2. The van der Waals surface area contributed by atoms with E-state index in [0.29, 0.717) is 13.0 Å². The molecule has 122 valence electrons. The molecule has 1 fully saturated rings. The maximum atomic E-state index is 12.9. The van der Waals surface area contributed by atoms with Gasteiger partial charge in [-0.3, -0.25) is 0 Å². The van der Waals surface area contributed by atoms with Crippen molar-refractivity contribution in [3.8, 4) is 0 Å². The van der Waals surface area contributed by atoms with Crippen LogP contribution in [0.15, 0.2) is 0 Å². The number of aliphatic carboxylic acids is 1. The van der Waals surface area contributed by atoms with Crippen LogP contribution in [0.5, 0.6) is 0 Å². The van der Waals surface area contributed by atoms with Crippen molar-refractivity contribution < 1.29 is 33.0 Å². The molecule has 1 atom stereocenters. The quantitative estimate of drug-likeness (QED) is 0.863. The Bertz CT molecular complexity index is 395. The second-order valence-electron chi connectivity index (χ2n) is 5.96. The van der Waals surface area contributed by atoms with Gasteiger partial charge < -0.3 is 19.5 Å². The van der Waals surface area contributed by atoms with E-state index in [4.69, 9.17) is 9.84 Å². The summed E-state index contributed by atoms with van der Waals surface area (Å²) in [6, 6.07) is -0.612. The lowest BCUT2D eigenvalue weighted by atomic mass is 10.0. The van der Waals surface area contributed by atoms with Crippen LogP contribution in [-0.4, -0.2) is 53.0 Å². The smallest absolute Gasteiger partial charge is 0.455 e. The van der Waals surface area contributed by atoms with Gasteiger partial charge in [-0.2, -0.15) is 8.78 Å². The normalized spacial score (nSPS) is 20.2. The summed E-state index contributed by atoms with van der Waals surface area (Å²) in [5.74, 6) is -2.35. The van der Waals surface area contributed by atoms with E-state index in [1.54, 1.807) is 20.8 Å². The third-order valence-electron chi connectivity index (χ3n) is 2.96. The Labute approximate surface area is 122 Å². The molecule has 6 nitrogen and oxygen atoms in total. The molecule has 0 saturated carbocycles. The van der Waals surface area contributed by atoms with Crippen molar-refractivity contribution in [3.05, 3.63) is 0 Å². The molecule has 1 aliphatic rings. The topological polar surface area (TPSA) is 76.1 Å². The van der Waals surface area contributed by atoms with Crippen LogP contribution in [0.2, 0.25) is 0 Å². The van der Waals surface area contributed by atoms with Crippen molar-refractivity contribution in [2.45, 2.75) is 57.8 Å². The zero-order valence-electron chi connectivity index (χ0n) is 12.4. The number of halogens is 2. The molecule has 1 rings (SSSR count). The Morgan fingerprint density at radius 1 is 1.29 bits per heavy atom. The van der Waals surface area contributed by atoms with Gasteiger partial charge in [0.15, 0.2) is 0 Å². The Morgan fingerprint density at radius 3 is 2.43 bits per heavy atom. The highest BCUT2D eigenvalue weighted by Gasteiger charge is 2.42. The Morgan fingerprint density at radius 2 is 1.90 bits per heavy atom. The van der Waals surface area contributed by atoms with E-state index in [1.807, 2.05) is 0 Å². The summed E-state index contributed by atoms with van der Waals surface area (Å²) >= 11 is 0. The average molecular weight is 309 g/mol. The minimum atomic E-state index is -4.25. The Kier molecular flexibility index (Phi) is 5.49.